The summed E-state index contributed by atoms with van der Waals surface area (Å²) in [7, 11) is 0. The summed E-state index contributed by atoms with van der Waals surface area (Å²) >= 11 is 10.6. The van der Waals surface area contributed by atoms with E-state index < -0.39 is 5.82 Å². The number of pyridine rings is 1. The minimum Gasteiger partial charge on any atom is -0.389 e. The van der Waals surface area contributed by atoms with E-state index in [0.717, 1.165) is 5.69 Å². The third-order valence-corrected chi connectivity index (χ3v) is 2.90. The zero-order valence-electron chi connectivity index (χ0n) is 10.1. The molecule has 1 heterocycles. The van der Waals surface area contributed by atoms with Gasteiger partial charge in [-0.3, -0.25) is 0 Å². The first-order chi connectivity index (χ1) is 8.95. The van der Waals surface area contributed by atoms with Crippen molar-refractivity contribution in [2.75, 3.05) is 5.32 Å². The highest BCUT2D eigenvalue weighted by molar-refractivity contribution is 7.80. The number of benzene rings is 1. The number of hydrogen-bond acceptors (Lipinski definition) is 3. The Morgan fingerprint density at radius 2 is 2.11 bits per heavy atom. The minimum atomic E-state index is -0.451. The van der Waals surface area contributed by atoms with Crippen LogP contribution in [0.2, 0.25) is 5.02 Å². The largest absolute Gasteiger partial charge is 0.389 e. The van der Waals surface area contributed by atoms with Crippen LogP contribution in [0.5, 0.6) is 0 Å². The van der Waals surface area contributed by atoms with Crippen LogP contribution in [0.15, 0.2) is 30.3 Å². The number of rotatable bonds is 3. The predicted molar refractivity (Wildman–Crippen MR) is 79.6 cm³/mol. The molecule has 0 unspecified atom stereocenters. The lowest BCUT2D eigenvalue weighted by molar-refractivity contribution is 0.632. The van der Waals surface area contributed by atoms with Gasteiger partial charge in [0.15, 0.2) is 0 Å². The van der Waals surface area contributed by atoms with Crippen LogP contribution in [0.3, 0.4) is 0 Å². The highest BCUT2D eigenvalue weighted by Gasteiger charge is 2.06. The van der Waals surface area contributed by atoms with E-state index in [0.29, 0.717) is 16.4 Å². The SMILES string of the molecule is Cc1cc(C(N)=S)cc(Nc2ccc(Cl)cc2F)n1. The van der Waals surface area contributed by atoms with Gasteiger partial charge in [-0.15, -0.1) is 0 Å². The maximum absolute atomic E-state index is 13.7. The zero-order chi connectivity index (χ0) is 14.0. The summed E-state index contributed by atoms with van der Waals surface area (Å²) in [6.45, 7) is 1.81. The number of aromatic nitrogens is 1. The molecule has 1 aromatic heterocycles. The molecule has 0 fully saturated rings. The molecule has 0 aliphatic heterocycles. The molecule has 98 valence electrons. The molecule has 0 bridgehead atoms. The second-order valence-corrected chi connectivity index (χ2v) is 4.87. The van der Waals surface area contributed by atoms with Crippen LogP contribution in [0, 0.1) is 12.7 Å². The standard InChI is InChI=1S/C13H11ClFN3S/c1-7-4-8(13(16)19)5-12(17-7)18-11-3-2-9(14)6-10(11)15/h2-6H,1H3,(H2,16,19)(H,17,18). The number of hydrogen-bond donors (Lipinski definition) is 2. The van der Waals surface area contributed by atoms with Crippen LogP contribution in [-0.2, 0) is 0 Å². The second-order valence-electron chi connectivity index (χ2n) is 4.00. The summed E-state index contributed by atoms with van der Waals surface area (Å²) in [4.78, 5) is 4.52. The number of thiocarbonyl (C=S) groups is 1. The van der Waals surface area contributed by atoms with Crippen LogP contribution < -0.4 is 11.1 Å². The number of aryl methyl sites for hydroxylation is 1. The van der Waals surface area contributed by atoms with E-state index in [-0.39, 0.29) is 10.7 Å². The lowest BCUT2D eigenvalue weighted by Crippen LogP contribution is -2.11. The van der Waals surface area contributed by atoms with Gasteiger partial charge in [0.2, 0.25) is 0 Å². The van der Waals surface area contributed by atoms with Gasteiger partial charge in [-0.25, -0.2) is 9.37 Å². The molecular weight excluding hydrogens is 285 g/mol. The van der Waals surface area contributed by atoms with E-state index in [4.69, 9.17) is 29.6 Å². The molecule has 0 saturated heterocycles. The van der Waals surface area contributed by atoms with Gasteiger partial charge in [-0.05, 0) is 37.3 Å². The van der Waals surface area contributed by atoms with Gasteiger partial charge in [0.05, 0.1) is 5.69 Å². The molecule has 0 spiro atoms. The normalized spacial score (nSPS) is 10.3. The Hall–Kier alpha value is -1.72. The first-order valence-corrected chi connectivity index (χ1v) is 6.25. The number of nitrogens with two attached hydrogens (primary N) is 1. The Labute approximate surface area is 120 Å². The van der Waals surface area contributed by atoms with Crippen molar-refractivity contribution in [3.8, 4) is 0 Å². The molecule has 0 amide bonds. The summed E-state index contributed by atoms with van der Waals surface area (Å²) in [6.07, 6.45) is 0. The average Bonchev–Trinajstić information content (AvgIpc) is 2.32. The Balaban J connectivity index is 2.35. The van der Waals surface area contributed by atoms with E-state index in [1.807, 2.05) is 6.92 Å². The molecule has 19 heavy (non-hydrogen) atoms. The van der Waals surface area contributed by atoms with Gasteiger partial charge in [-0.2, -0.15) is 0 Å². The van der Waals surface area contributed by atoms with Crippen molar-refractivity contribution in [2.45, 2.75) is 6.92 Å². The minimum absolute atomic E-state index is 0.269. The summed E-state index contributed by atoms with van der Waals surface area (Å²) in [6, 6.07) is 7.81. The molecule has 0 atom stereocenters. The predicted octanol–water partition coefficient (Wildman–Crippen LogP) is 3.56. The fraction of sp³-hybridized carbons (Fsp3) is 0.0769. The molecule has 0 aliphatic carbocycles. The van der Waals surface area contributed by atoms with E-state index in [1.165, 1.54) is 6.07 Å². The smallest absolute Gasteiger partial charge is 0.148 e. The summed E-state index contributed by atoms with van der Waals surface area (Å²) in [5.74, 6) is 0.0247. The maximum atomic E-state index is 13.7. The molecule has 0 aliphatic rings. The number of nitrogens with one attached hydrogen (secondary N) is 1. The first-order valence-electron chi connectivity index (χ1n) is 5.46. The van der Waals surface area contributed by atoms with E-state index >= 15 is 0 Å². The third-order valence-electron chi connectivity index (χ3n) is 2.43. The van der Waals surface area contributed by atoms with Crippen LogP contribution in [0.1, 0.15) is 11.3 Å². The molecule has 6 heteroatoms. The summed E-state index contributed by atoms with van der Waals surface area (Å²) in [5.41, 5.74) is 7.29. The van der Waals surface area contributed by atoms with Gasteiger partial charge in [-0.1, -0.05) is 23.8 Å². The van der Waals surface area contributed by atoms with Crippen LogP contribution >= 0.6 is 23.8 Å². The molecule has 0 radical (unpaired) electrons. The Morgan fingerprint density at radius 1 is 1.37 bits per heavy atom. The van der Waals surface area contributed by atoms with Crippen molar-refractivity contribution >= 4 is 40.3 Å². The van der Waals surface area contributed by atoms with Gasteiger partial charge >= 0.3 is 0 Å². The lowest BCUT2D eigenvalue weighted by atomic mass is 10.2. The summed E-state index contributed by atoms with van der Waals surface area (Å²) in [5, 5.41) is 3.21. The molecule has 2 rings (SSSR count). The number of nitrogens with zero attached hydrogens (tertiary/aromatic N) is 1. The fourth-order valence-electron chi connectivity index (χ4n) is 1.60. The molecule has 3 N–H and O–H groups in total. The van der Waals surface area contributed by atoms with Crippen LogP contribution in [-0.4, -0.2) is 9.97 Å². The molecule has 1 aromatic carbocycles. The monoisotopic (exact) mass is 295 g/mol. The van der Waals surface area contributed by atoms with Crippen LogP contribution in [0.25, 0.3) is 0 Å². The molecule has 2 aromatic rings. The van der Waals surface area contributed by atoms with E-state index in [9.17, 15) is 4.39 Å². The highest BCUT2D eigenvalue weighted by atomic mass is 35.5. The summed E-state index contributed by atoms with van der Waals surface area (Å²) < 4.78 is 13.7. The Bertz CT molecular complexity index is 646. The highest BCUT2D eigenvalue weighted by Crippen LogP contribution is 2.22. The van der Waals surface area contributed by atoms with Crippen molar-refractivity contribution in [1.82, 2.24) is 4.98 Å². The first kappa shape index (κ1) is 13.7. The lowest BCUT2D eigenvalue weighted by Gasteiger charge is -2.09. The van der Waals surface area contributed by atoms with Gasteiger partial charge in [0.1, 0.15) is 16.6 Å². The molecular formula is C13H11ClFN3S. The van der Waals surface area contributed by atoms with Crippen molar-refractivity contribution in [2.24, 2.45) is 5.73 Å². The van der Waals surface area contributed by atoms with Crippen LogP contribution in [0.4, 0.5) is 15.9 Å². The van der Waals surface area contributed by atoms with Gasteiger partial charge < -0.3 is 11.1 Å². The van der Waals surface area contributed by atoms with Crippen molar-refractivity contribution < 1.29 is 4.39 Å². The Kier molecular flexibility index (Phi) is 3.97. The van der Waals surface area contributed by atoms with Gasteiger partial charge in [0, 0.05) is 16.3 Å². The van der Waals surface area contributed by atoms with E-state index in [2.05, 4.69) is 10.3 Å². The van der Waals surface area contributed by atoms with Gasteiger partial charge in [0.25, 0.3) is 0 Å². The molecule has 0 saturated carbocycles. The number of anilines is 2. The third kappa shape index (κ3) is 3.39. The fourth-order valence-corrected chi connectivity index (χ4v) is 1.88. The van der Waals surface area contributed by atoms with Crippen molar-refractivity contribution in [1.29, 1.82) is 0 Å². The topological polar surface area (TPSA) is 50.9 Å². The van der Waals surface area contributed by atoms with Crippen molar-refractivity contribution in [3.63, 3.8) is 0 Å². The zero-order valence-corrected chi connectivity index (χ0v) is 11.6. The van der Waals surface area contributed by atoms with E-state index in [1.54, 1.807) is 24.3 Å². The average molecular weight is 296 g/mol. The second kappa shape index (κ2) is 5.50. The quantitative estimate of drug-likeness (QED) is 0.850. The Morgan fingerprint density at radius 3 is 2.74 bits per heavy atom. The number of halogens is 2. The van der Waals surface area contributed by atoms with Crippen molar-refractivity contribution in [3.05, 3.63) is 52.4 Å². The maximum Gasteiger partial charge on any atom is 0.148 e. The molecule has 3 nitrogen and oxygen atoms in total.